The van der Waals surface area contributed by atoms with Crippen molar-refractivity contribution in [2.75, 3.05) is 83.8 Å². The molecule has 5 N–H and O–H groups in total. The summed E-state index contributed by atoms with van der Waals surface area (Å²) < 4.78 is 43.9. The average Bonchev–Trinajstić information content (AvgIpc) is 0.891. The second-order valence-corrected chi connectivity index (χ2v) is 23.1. The van der Waals surface area contributed by atoms with Crippen LogP contribution in [0.3, 0.4) is 0 Å². The van der Waals surface area contributed by atoms with E-state index >= 15 is 0 Å². The van der Waals surface area contributed by atoms with Crippen LogP contribution < -0.4 is 61.4 Å². The van der Waals surface area contributed by atoms with Crippen molar-refractivity contribution in [2.24, 2.45) is 0 Å². The molecule has 3 heterocycles. The van der Waals surface area contributed by atoms with Crippen LogP contribution in [0, 0.1) is 11.6 Å². The number of anilines is 2. The summed E-state index contributed by atoms with van der Waals surface area (Å²) in [5.41, 5.74) is 0.535. The minimum atomic E-state index is -0.684. The van der Waals surface area contributed by atoms with Gasteiger partial charge in [0.15, 0.2) is 0 Å². The van der Waals surface area contributed by atoms with Crippen LogP contribution in [-0.2, 0) is 55.9 Å². The van der Waals surface area contributed by atoms with Crippen LogP contribution in [0.2, 0.25) is 10.0 Å². The third-order valence-corrected chi connectivity index (χ3v) is 15.1. The van der Waals surface area contributed by atoms with Gasteiger partial charge in [0.2, 0.25) is 23.0 Å². The topological polar surface area (TPSA) is 292 Å². The van der Waals surface area contributed by atoms with Crippen LogP contribution in [-0.4, -0.2) is 163 Å². The predicted octanol–water partition coefficient (Wildman–Crippen LogP) is 7.00. The molecule has 2 aromatic heterocycles. The number of carbonyl (C=O) groups is 8. The number of hydrogen-bond acceptors (Lipinski definition) is 17. The molecule has 6 amide bonds. The fourth-order valence-corrected chi connectivity index (χ4v) is 9.43. The minimum absolute atomic E-state index is 0. The molecule has 0 radical (unpaired) electrons. The van der Waals surface area contributed by atoms with Crippen LogP contribution in [0.15, 0.2) is 109 Å². The molecule has 0 bridgehead atoms. The van der Waals surface area contributed by atoms with E-state index in [1.165, 1.54) is 12.1 Å². The number of carbonyl (C=O) groups excluding carboxylic acids is 8. The van der Waals surface area contributed by atoms with Crippen molar-refractivity contribution in [1.29, 1.82) is 0 Å². The Kier molecular flexibility index (Phi) is 43.1. The Balaban J connectivity index is 0.000000830. The molecule has 23 nitrogen and oxygen atoms in total. The van der Waals surface area contributed by atoms with E-state index in [1.54, 1.807) is 105 Å². The quantitative estimate of drug-likeness (QED) is 0.00659. The van der Waals surface area contributed by atoms with E-state index in [0.717, 1.165) is 28.1 Å². The molecular formula is C65H84Cl3F2N10NaO13S2. The Bertz CT molecular complexity index is 3430. The molecule has 2 atom stereocenters. The molecule has 7 rings (SSSR count). The maximum atomic E-state index is 13.8. The summed E-state index contributed by atoms with van der Waals surface area (Å²) in [7, 11) is 3.31. The molecule has 0 aliphatic carbocycles. The van der Waals surface area contributed by atoms with Gasteiger partial charge in [0.1, 0.15) is 42.1 Å². The summed E-state index contributed by atoms with van der Waals surface area (Å²) in [4.78, 5) is 110. The van der Waals surface area contributed by atoms with Crippen molar-refractivity contribution < 1.29 is 101 Å². The van der Waals surface area contributed by atoms with Crippen molar-refractivity contribution in [3.63, 3.8) is 0 Å². The van der Waals surface area contributed by atoms with Gasteiger partial charge in [-0.3, -0.25) is 34.6 Å². The summed E-state index contributed by atoms with van der Waals surface area (Å²) in [6, 6.07) is 27.0. The number of aromatic nitrogens is 2. The number of pyridine rings is 2. The number of aryl methyl sites for hydroxylation is 2. The molecule has 31 heteroatoms. The number of amides is 6. The monoisotopic (exact) mass is 1440 g/mol. The smallest absolute Gasteiger partial charge is 0.662 e. The standard InChI is InChI=1S/C32H41ClFN5O5.C29H33ClFN5O4.C3H5ClO.CH2O3.Na.2H2S/c1-32(2,3)44-30(41)36-18-17-35-16-8-12-25(39(4)28(40)15-14-22-11-7-13-26(34)29(22)33)21-43-31(42)38-27-19-23-9-5-6-10-24(23)20-37-27;1-35(26(37)12-11-20-8-4-10-24(31)28(20)30)23(9-5-14-36-15-13-32-18-27(36)38)19-40-29(39)34-25-16-21-6-2-3-7-22(21)17-33-25;1-2-3(4)5;2-1-4-3;;;/h5-7,9-11,13,19-20,25,35H,8,12,14-18,21H2,1-4H3,(H,36,41)(H,37,38,42);2-4,6-8,10,16-17,23,32H,5,9,11-15,18-19H2,1H3,(H,33,34,39);2H2,1H3;1,3H;;2*1H2/q;;;;+1;;/p-1/t25-;23-;;;;;/m00...../s1. The van der Waals surface area contributed by atoms with E-state index in [2.05, 4.69) is 41.4 Å². The number of ether oxygens (including phenoxy) is 3. The van der Waals surface area contributed by atoms with Crippen molar-refractivity contribution in [1.82, 2.24) is 40.6 Å². The fourth-order valence-electron chi connectivity index (χ4n) is 8.99. The maximum absolute atomic E-state index is 13.8. The summed E-state index contributed by atoms with van der Waals surface area (Å²) in [6.45, 7) is 10.6. The zero-order valence-corrected chi connectivity index (χ0v) is 61.1. The SMILES string of the molecule is CCC(=O)Cl.CN(C(=O)CCc1cccc(F)c1Cl)[C@@H](CCCN1CCNCC1=O)COC(=O)Nc1cc2ccccc2cn1.CN(C(=O)CCc1cccc(F)c1Cl)[C@@H](CCCNCCNC(=O)OC(C)(C)C)COC(=O)Nc1cc2ccccc2cn1.O=CO[O-].S.S.[Na+]. The number of alkyl carbamates (subject to hydrolysis) is 1. The van der Waals surface area contributed by atoms with Gasteiger partial charge in [0, 0.05) is 89.2 Å². The Hall–Kier alpha value is -6.63. The Labute approximate surface area is 609 Å². The van der Waals surface area contributed by atoms with E-state index in [1.807, 2.05) is 48.5 Å². The Morgan fingerprint density at radius 3 is 1.58 bits per heavy atom. The van der Waals surface area contributed by atoms with Gasteiger partial charge in [-0.25, -0.2) is 33.1 Å². The van der Waals surface area contributed by atoms with Crippen molar-refractivity contribution in [3.05, 3.63) is 142 Å². The number of halogens is 5. The molecular weight excluding hydrogens is 1360 g/mol. The van der Waals surface area contributed by atoms with Crippen LogP contribution in [0.5, 0.6) is 0 Å². The summed E-state index contributed by atoms with van der Waals surface area (Å²) >= 11 is 16.9. The van der Waals surface area contributed by atoms with Crippen molar-refractivity contribution in [2.45, 2.75) is 103 Å². The Morgan fingerprint density at radius 2 is 1.16 bits per heavy atom. The third-order valence-electron chi connectivity index (χ3n) is 14.0. The third kappa shape index (κ3) is 33.1. The van der Waals surface area contributed by atoms with E-state index in [0.29, 0.717) is 94.1 Å². The van der Waals surface area contributed by atoms with Gasteiger partial charge in [-0.05, 0) is 124 Å². The molecule has 520 valence electrons. The molecule has 4 aromatic carbocycles. The number of hydrogen-bond donors (Lipinski definition) is 5. The first kappa shape index (κ1) is 87.4. The molecule has 1 fully saturated rings. The number of likely N-dealkylation sites (N-methyl/N-ethyl adjacent to an activating group) is 2. The predicted molar refractivity (Wildman–Crippen MR) is 370 cm³/mol. The van der Waals surface area contributed by atoms with Crippen molar-refractivity contribution in [3.8, 4) is 0 Å². The molecule has 0 unspecified atom stereocenters. The van der Waals surface area contributed by atoms with Crippen LogP contribution in [0.4, 0.5) is 34.8 Å². The number of nitrogens with zero attached hydrogens (tertiary/aromatic N) is 5. The first-order chi connectivity index (χ1) is 44.4. The zero-order valence-electron chi connectivity index (χ0n) is 54.8. The second-order valence-electron chi connectivity index (χ2n) is 21.9. The summed E-state index contributed by atoms with van der Waals surface area (Å²) in [5.74, 6) is -0.691. The molecule has 0 saturated carbocycles. The number of nitrogens with one attached hydrogen (secondary N) is 5. The molecule has 1 aliphatic rings. The molecule has 1 aliphatic heterocycles. The maximum Gasteiger partial charge on any atom is 1.00 e. The Morgan fingerprint density at radius 1 is 0.708 bits per heavy atom. The minimum Gasteiger partial charge on any atom is -0.662 e. The second kappa shape index (κ2) is 47.3. The van der Waals surface area contributed by atoms with E-state index in [4.69, 9.17) is 59.1 Å². The van der Waals surface area contributed by atoms with Gasteiger partial charge in [0.25, 0.3) is 6.47 Å². The fraction of sp³-hybridized carbons (Fsp3) is 0.415. The molecule has 1 saturated heterocycles. The van der Waals surface area contributed by atoms with Gasteiger partial charge < -0.3 is 55.0 Å². The van der Waals surface area contributed by atoms with E-state index < -0.39 is 47.6 Å². The number of fused-ring (bicyclic) bond motifs is 2. The first-order valence-electron chi connectivity index (χ1n) is 29.9. The largest absolute Gasteiger partial charge is 1.00 e. The number of rotatable bonds is 27. The van der Waals surface area contributed by atoms with Crippen molar-refractivity contribution >= 4 is 143 Å². The van der Waals surface area contributed by atoms with Crippen LogP contribution >= 0.6 is 61.8 Å². The van der Waals surface area contributed by atoms with Gasteiger partial charge in [-0.2, -0.15) is 27.0 Å². The first-order valence-corrected chi connectivity index (χ1v) is 31.1. The zero-order chi connectivity index (χ0) is 68.3. The summed E-state index contributed by atoms with van der Waals surface area (Å²) in [5, 5.41) is 26.2. The van der Waals surface area contributed by atoms with Gasteiger partial charge in [-0.1, -0.05) is 103 Å². The van der Waals surface area contributed by atoms with Crippen LogP contribution in [0.25, 0.3) is 21.5 Å². The van der Waals surface area contributed by atoms with Gasteiger partial charge in [-0.15, -0.1) is 0 Å². The number of piperazine rings is 1. The average molecular weight is 1440 g/mol. The number of benzene rings is 4. The molecule has 96 heavy (non-hydrogen) atoms. The van der Waals surface area contributed by atoms with Crippen LogP contribution in [0.1, 0.15) is 83.8 Å². The summed E-state index contributed by atoms with van der Waals surface area (Å²) in [6.07, 6.45) is 5.04. The molecule has 6 aromatic rings. The normalized spacial score (nSPS) is 12.0. The van der Waals surface area contributed by atoms with E-state index in [-0.39, 0.29) is 135 Å². The van der Waals surface area contributed by atoms with Gasteiger partial charge in [0.05, 0.1) is 28.7 Å². The molecule has 0 spiro atoms. The van der Waals surface area contributed by atoms with Gasteiger partial charge >= 0.3 is 47.8 Å². The van der Waals surface area contributed by atoms with E-state index in [9.17, 15) is 42.3 Å².